The summed E-state index contributed by atoms with van der Waals surface area (Å²) in [7, 11) is 2.03. The molecule has 0 amide bonds. The van der Waals surface area contributed by atoms with E-state index in [0.717, 1.165) is 10.6 Å². The number of aryl methyl sites for hydroxylation is 1. The minimum Gasteiger partial charge on any atom is -0.313 e. The van der Waals surface area contributed by atoms with Gasteiger partial charge in [0.25, 0.3) is 0 Å². The monoisotopic (exact) mass is 267 g/mol. The SMILES string of the molecule is CNC(CCCC(C)(C)C)c1ccc(Cl)c(C)c1. The van der Waals surface area contributed by atoms with Crippen LogP contribution in [0.4, 0.5) is 0 Å². The molecule has 2 heteroatoms. The zero-order chi connectivity index (χ0) is 13.8. The van der Waals surface area contributed by atoms with E-state index in [4.69, 9.17) is 11.6 Å². The molecule has 1 rings (SSSR count). The number of halogens is 1. The molecule has 1 N–H and O–H groups in total. The van der Waals surface area contributed by atoms with Gasteiger partial charge in [0.15, 0.2) is 0 Å². The Kier molecular flexibility index (Phi) is 5.68. The molecule has 0 saturated carbocycles. The molecule has 0 aliphatic heterocycles. The Morgan fingerprint density at radius 2 is 1.94 bits per heavy atom. The molecule has 18 heavy (non-hydrogen) atoms. The zero-order valence-corrected chi connectivity index (χ0v) is 13.1. The Bertz CT molecular complexity index is 379. The van der Waals surface area contributed by atoms with Crippen LogP contribution in [-0.2, 0) is 0 Å². The lowest BCUT2D eigenvalue weighted by atomic mass is 9.88. The van der Waals surface area contributed by atoms with Gasteiger partial charge in [-0.2, -0.15) is 0 Å². The lowest BCUT2D eigenvalue weighted by molar-refractivity contribution is 0.347. The molecule has 0 aliphatic rings. The predicted molar refractivity (Wildman–Crippen MR) is 81.3 cm³/mol. The molecule has 0 heterocycles. The van der Waals surface area contributed by atoms with E-state index in [1.54, 1.807) is 0 Å². The molecule has 0 bridgehead atoms. The highest BCUT2D eigenvalue weighted by atomic mass is 35.5. The highest BCUT2D eigenvalue weighted by Gasteiger charge is 2.14. The second-order valence-electron chi connectivity index (χ2n) is 6.30. The van der Waals surface area contributed by atoms with Crippen LogP contribution < -0.4 is 5.32 Å². The third-order valence-electron chi connectivity index (χ3n) is 3.35. The average Bonchev–Trinajstić information content (AvgIpc) is 2.27. The fraction of sp³-hybridized carbons (Fsp3) is 0.625. The van der Waals surface area contributed by atoms with E-state index < -0.39 is 0 Å². The van der Waals surface area contributed by atoms with Crippen molar-refractivity contribution in [3.05, 3.63) is 34.3 Å². The first-order valence-corrected chi connectivity index (χ1v) is 7.14. The van der Waals surface area contributed by atoms with E-state index in [2.05, 4.69) is 45.1 Å². The molecule has 102 valence electrons. The van der Waals surface area contributed by atoms with E-state index in [9.17, 15) is 0 Å². The molecule has 1 nitrogen and oxygen atoms in total. The topological polar surface area (TPSA) is 12.0 Å². The van der Waals surface area contributed by atoms with Gasteiger partial charge in [0.05, 0.1) is 0 Å². The number of hydrogen-bond acceptors (Lipinski definition) is 1. The number of hydrogen-bond donors (Lipinski definition) is 1. The summed E-state index contributed by atoms with van der Waals surface area (Å²) in [4.78, 5) is 0. The lowest BCUT2D eigenvalue weighted by Gasteiger charge is -2.21. The van der Waals surface area contributed by atoms with Crippen LogP contribution in [0.15, 0.2) is 18.2 Å². The van der Waals surface area contributed by atoms with Crippen LogP contribution in [0.5, 0.6) is 0 Å². The van der Waals surface area contributed by atoms with Crippen LogP contribution >= 0.6 is 11.6 Å². The van der Waals surface area contributed by atoms with Gasteiger partial charge in [-0.05, 0) is 49.4 Å². The second-order valence-corrected chi connectivity index (χ2v) is 6.71. The van der Waals surface area contributed by atoms with Crippen LogP contribution in [0, 0.1) is 12.3 Å². The van der Waals surface area contributed by atoms with E-state index in [1.807, 2.05) is 13.1 Å². The zero-order valence-electron chi connectivity index (χ0n) is 12.3. The minimum absolute atomic E-state index is 0.425. The predicted octanol–water partition coefficient (Wildman–Crippen LogP) is 5.13. The van der Waals surface area contributed by atoms with Crippen molar-refractivity contribution in [2.24, 2.45) is 5.41 Å². The van der Waals surface area contributed by atoms with Crippen LogP contribution in [0.3, 0.4) is 0 Å². The molecule has 0 fully saturated rings. The summed E-state index contributed by atoms with van der Waals surface area (Å²) in [5, 5.41) is 4.26. The molecule has 0 aromatic heterocycles. The standard InChI is InChI=1S/C16H26ClN/c1-12-11-13(8-9-14(12)17)15(18-5)7-6-10-16(2,3)4/h8-9,11,15,18H,6-7,10H2,1-5H3. The quantitative estimate of drug-likeness (QED) is 0.780. The minimum atomic E-state index is 0.425. The molecular formula is C16H26ClN. The molecule has 0 radical (unpaired) electrons. The number of nitrogens with one attached hydrogen (secondary N) is 1. The van der Waals surface area contributed by atoms with E-state index in [1.165, 1.54) is 24.8 Å². The summed E-state index contributed by atoms with van der Waals surface area (Å²) in [6.45, 7) is 8.96. The Morgan fingerprint density at radius 1 is 1.28 bits per heavy atom. The van der Waals surface area contributed by atoms with Gasteiger partial charge in [-0.15, -0.1) is 0 Å². The summed E-state index contributed by atoms with van der Waals surface area (Å²) >= 11 is 6.07. The maximum absolute atomic E-state index is 6.07. The molecular weight excluding hydrogens is 242 g/mol. The lowest BCUT2D eigenvalue weighted by Crippen LogP contribution is -2.17. The molecule has 0 spiro atoms. The molecule has 0 aliphatic carbocycles. The number of rotatable bonds is 5. The second kappa shape index (κ2) is 6.58. The van der Waals surface area contributed by atoms with Crippen molar-refractivity contribution in [2.75, 3.05) is 7.05 Å². The van der Waals surface area contributed by atoms with Crippen LogP contribution in [0.2, 0.25) is 5.02 Å². The smallest absolute Gasteiger partial charge is 0.0435 e. The molecule has 1 aromatic rings. The summed E-state index contributed by atoms with van der Waals surface area (Å²) < 4.78 is 0. The molecule has 0 saturated heterocycles. The van der Waals surface area contributed by atoms with Gasteiger partial charge in [-0.3, -0.25) is 0 Å². The van der Waals surface area contributed by atoms with Gasteiger partial charge >= 0.3 is 0 Å². The van der Waals surface area contributed by atoms with E-state index in [-0.39, 0.29) is 0 Å². The first kappa shape index (κ1) is 15.5. The first-order valence-electron chi connectivity index (χ1n) is 6.77. The summed E-state index contributed by atoms with van der Waals surface area (Å²) in [6, 6.07) is 6.76. The van der Waals surface area contributed by atoms with Gasteiger partial charge in [0.2, 0.25) is 0 Å². The van der Waals surface area contributed by atoms with Crippen molar-refractivity contribution in [1.82, 2.24) is 5.32 Å². The highest BCUT2D eigenvalue weighted by molar-refractivity contribution is 6.31. The van der Waals surface area contributed by atoms with Gasteiger partial charge in [0.1, 0.15) is 0 Å². The number of benzene rings is 1. The maximum atomic E-state index is 6.07. The van der Waals surface area contributed by atoms with Gasteiger partial charge in [-0.25, -0.2) is 0 Å². The molecule has 1 atom stereocenters. The van der Waals surface area contributed by atoms with Crippen LogP contribution in [-0.4, -0.2) is 7.05 Å². The van der Waals surface area contributed by atoms with E-state index in [0.29, 0.717) is 11.5 Å². The molecule has 1 unspecified atom stereocenters. The third kappa shape index (κ3) is 4.99. The maximum Gasteiger partial charge on any atom is 0.0435 e. The largest absolute Gasteiger partial charge is 0.313 e. The Hall–Kier alpha value is -0.530. The van der Waals surface area contributed by atoms with Gasteiger partial charge in [-0.1, -0.05) is 50.9 Å². The fourth-order valence-corrected chi connectivity index (χ4v) is 2.32. The van der Waals surface area contributed by atoms with Crippen molar-refractivity contribution in [1.29, 1.82) is 0 Å². The van der Waals surface area contributed by atoms with Crippen LogP contribution in [0.1, 0.15) is 57.2 Å². The Labute approximate surface area is 117 Å². The Balaban J connectivity index is 2.63. The Morgan fingerprint density at radius 3 is 2.44 bits per heavy atom. The van der Waals surface area contributed by atoms with E-state index >= 15 is 0 Å². The van der Waals surface area contributed by atoms with Gasteiger partial charge in [0, 0.05) is 11.1 Å². The first-order chi connectivity index (χ1) is 8.33. The fourth-order valence-electron chi connectivity index (χ4n) is 2.20. The summed E-state index contributed by atoms with van der Waals surface area (Å²) in [5.41, 5.74) is 2.92. The summed E-state index contributed by atoms with van der Waals surface area (Å²) in [5.74, 6) is 0. The average molecular weight is 268 g/mol. The normalized spacial score (nSPS) is 13.7. The molecule has 1 aromatic carbocycles. The summed E-state index contributed by atoms with van der Waals surface area (Å²) in [6.07, 6.45) is 3.68. The third-order valence-corrected chi connectivity index (χ3v) is 3.78. The van der Waals surface area contributed by atoms with Crippen molar-refractivity contribution >= 4 is 11.6 Å². The highest BCUT2D eigenvalue weighted by Crippen LogP contribution is 2.27. The van der Waals surface area contributed by atoms with Crippen molar-refractivity contribution < 1.29 is 0 Å². The van der Waals surface area contributed by atoms with Crippen molar-refractivity contribution in [3.63, 3.8) is 0 Å². The van der Waals surface area contributed by atoms with Crippen LogP contribution in [0.25, 0.3) is 0 Å². The van der Waals surface area contributed by atoms with Crippen molar-refractivity contribution in [2.45, 2.75) is 53.0 Å². The van der Waals surface area contributed by atoms with Crippen molar-refractivity contribution in [3.8, 4) is 0 Å². The van der Waals surface area contributed by atoms with Gasteiger partial charge < -0.3 is 5.32 Å².